The average molecular weight is 544 g/mol. The number of rotatable bonds is 8. The van der Waals surface area contributed by atoms with Crippen molar-refractivity contribution >= 4 is 52.7 Å². The van der Waals surface area contributed by atoms with Gasteiger partial charge < -0.3 is 10.6 Å². The second kappa shape index (κ2) is 11.9. The molecule has 0 aliphatic heterocycles. The van der Waals surface area contributed by atoms with Crippen LogP contribution in [0.3, 0.4) is 0 Å². The fourth-order valence-corrected chi connectivity index (χ4v) is 3.54. The van der Waals surface area contributed by atoms with Crippen LogP contribution in [-0.4, -0.2) is 37.5 Å². The summed E-state index contributed by atoms with van der Waals surface area (Å²) in [6.07, 6.45) is -5.19. The number of halogens is 8. The van der Waals surface area contributed by atoms with Crippen LogP contribution in [0, 0.1) is 6.92 Å². The Kier molecular flexibility index (Phi) is 9.73. The van der Waals surface area contributed by atoms with Crippen molar-refractivity contribution in [1.29, 1.82) is 0 Å². The van der Waals surface area contributed by atoms with Crippen molar-refractivity contribution in [2.45, 2.75) is 25.4 Å². The number of nitrogens with one attached hydrogen (secondary N) is 2. The summed E-state index contributed by atoms with van der Waals surface area (Å²) < 4.78 is 65.2. The molecular weight excluding hydrogens is 526 g/mol. The topological polar surface area (TPSA) is 58.2 Å². The van der Waals surface area contributed by atoms with Gasteiger partial charge in [-0.15, -0.1) is 0 Å². The van der Waals surface area contributed by atoms with Gasteiger partial charge in [0.15, 0.2) is 0 Å². The van der Waals surface area contributed by atoms with Crippen molar-refractivity contribution in [2.75, 3.05) is 13.1 Å². The predicted octanol–water partition coefficient (Wildman–Crippen LogP) is 6.43. The van der Waals surface area contributed by atoms with E-state index in [2.05, 4.69) is 5.32 Å². The molecule has 0 aliphatic rings. The van der Waals surface area contributed by atoms with E-state index in [0.717, 1.165) is 18.2 Å². The van der Waals surface area contributed by atoms with Gasteiger partial charge in [-0.2, -0.15) is 13.2 Å². The zero-order valence-electron chi connectivity index (χ0n) is 17.5. The van der Waals surface area contributed by atoms with Gasteiger partial charge in [0.05, 0.1) is 34.1 Å². The van der Waals surface area contributed by atoms with Gasteiger partial charge in [0.25, 0.3) is 12.3 Å². The number of allylic oxidation sites excluding steroid dienone is 1. The summed E-state index contributed by atoms with van der Waals surface area (Å²) in [5.74, 6) is -3.44. The third-order valence-electron chi connectivity index (χ3n) is 4.56. The van der Waals surface area contributed by atoms with Gasteiger partial charge in [0, 0.05) is 5.56 Å². The molecule has 0 radical (unpaired) electrons. The van der Waals surface area contributed by atoms with Crippen molar-refractivity contribution in [3.8, 4) is 0 Å². The first-order valence-electron chi connectivity index (χ1n) is 9.62. The van der Waals surface area contributed by atoms with Gasteiger partial charge in [0.2, 0.25) is 5.91 Å². The second-order valence-electron chi connectivity index (χ2n) is 7.13. The smallest absolute Gasteiger partial charge is 0.349 e. The van der Waals surface area contributed by atoms with E-state index in [0.29, 0.717) is 11.1 Å². The van der Waals surface area contributed by atoms with Gasteiger partial charge in [-0.05, 0) is 41.8 Å². The molecular formula is C22H18Cl3F5N2O2. The molecule has 1 unspecified atom stereocenters. The lowest BCUT2D eigenvalue weighted by atomic mass is 9.96. The van der Waals surface area contributed by atoms with E-state index in [1.807, 2.05) is 5.32 Å². The summed E-state index contributed by atoms with van der Waals surface area (Å²) in [6, 6.07) is 6.46. The minimum Gasteiger partial charge on any atom is -0.349 e. The summed E-state index contributed by atoms with van der Waals surface area (Å²) in [4.78, 5) is 23.7. The summed E-state index contributed by atoms with van der Waals surface area (Å²) in [5, 5.41) is 3.97. The maximum Gasteiger partial charge on any atom is 0.399 e. The number of benzene rings is 2. The summed E-state index contributed by atoms with van der Waals surface area (Å²) in [7, 11) is 0. The number of hydrogen-bond acceptors (Lipinski definition) is 2. The maximum atomic E-state index is 13.7. The van der Waals surface area contributed by atoms with Gasteiger partial charge in [0.1, 0.15) is 0 Å². The molecule has 2 N–H and O–H groups in total. The molecule has 4 nitrogen and oxygen atoms in total. The van der Waals surface area contributed by atoms with Crippen LogP contribution in [0.15, 0.2) is 36.4 Å². The molecule has 34 heavy (non-hydrogen) atoms. The van der Waals surface area contributed by atoms with E-state index in [4.69, 9.17) is 34.8 Å². The molecule has 2 aromatic rings. The summed E-state index contributed by atoms with van der Waals surface area (Å²) in [6.45, 7) is 0.220. The van der Waals surface area contributed by atoms with E-state index in [9.17, 15) is 31.5 Å². The Hall–Kier alpha value is -2.36. The van der Waals surface area contributed by atoms with Crippen molar-refractivity contribution in [2.24, 2.45) is 0 Å². The van der Waals surface area contributed by atoms with Gasteiger partial charge in [-0.1, -0.05) is 59.1 Å². The zero-order chi connectivity index (χ0) is 25.6. The zero-order valence-corrected chi connectivity index (χ0v) is 19.7. The fourth-order valence-electron chi connectivity index (χ4n) is 2.93. The number of carbonyl (C=O) groups is 2. The molecule has 2 aromatic carbocycles. The minimum atomic E-state index is -4.64. The Morgan fingerprint density at radius 2 is 1.65 bits per heavy atom. The normalized spacial score (nSPS) is 12.8. The average Bonchev–Trinajstić information content (AvgIpc) is 2.73. The Morgan fingerprint density at radius 3 is 2.18 bits per heavy atom. The SMILES string of the molecule is Cc1cc(/C=C/C(c2cc(Cl)c(Cl)c(Cl)c2)C(F)(F)F)ccc1C(=O)NCC(=O)NCC(F)F. The lowest BCUT2D eigenvalue weighted by Gasteiger charge is -2.18. The van der Waals surface area contributed by atoms with Crippen LogP contribution >= 0.6 is 34.8 Å². The highest BCUT2D eigenvalue weighted by atomic mass is 35.5. The van der Waals surface area contributed by atoms with Crippen LogP contribution in [0.5, 0.6) is 0 Å². The standard InChI is InChI=1S/C22H18Cl3F5N2O2/c1-11-6-12(2-4-14(11)21(34)32-10-19(33)31-9-18(26)27)3-5-15(22(28,29)30)13-7-16(23)20(25)17(24)8-13/h2-8,15,18H,9-10H2,1H3,(H,31,33)(H,32,34)/b5-3+. The lowest BCUT2D eigenvalue weighted by Crippen LogP contribution is -2.38. The molecule has 0 bridgehead atoms. The van der Waals surface area contributed by atoms with Gasteiger partial charge in [-0.3, -0.25) is 9.59 Å². The number of amides is 2. The van der Waals surface area contributed by atoms with Crippen molar-refractivity contribution in [3.05, 3.63) is 73.7 Å². The highest BCUT2D eigenvalue weighted by Gasteiger charge is 2.39. The molecule has 0 saturated heterocycles. The van der Waals surface area contributed by atoms with Crippen molar-refractivity contribution in [1.82, 2.24) is 10.6 Å². The van der Waals surface area contributed by atoms with E-state index < -0.39 is 43.4 Å². The van der Waals surface area contributed by atoms with Gasteiger partial charge in [-0.25, -0.2) is 8.78 Å². The number of alkyl halides is 5. The third-order valence-corrected chi connectivity index (χ3v) is 5.75. The first-order chi connectivity index (χ1) is 15.8. The molecule has 0 aromatic heterocycles. The van der Waals surface area contributed by atoms with E-state index in [1.54, 1.807) is 6.92 Å². The summed E-state index contributed by atoms with van der Waals surface area (Å²) >= 11 is 17.6. The third kappa shape index (κ3) is 7.85. The van der Waals surface area contributed by atoms with Crippen LogP contribution < -0.4 is 10.6 Å². The molecule has 1 atom stereocenters. The van der Waals surface area contributed by atoms with E-state index >= 15 is 0 Å². The number of hydrogen-bond donors (Lipinski definition) is 2. The summed E-state index contributed by atoms with van der Waals surface area (Å²) in [5.41, 5.74) is 0.779. The Balaban J connectivity index is 2.17. The fraction of sp³-hybridized carbons (Fsp3) is 0.273. The highest BCUT2D eigenvalue weighted by molar-refractivity contribution is 6.48. The Morgan fingerprint density at radius 1 is 1.03 bits per heavy atom. The second-order valence-corrected chi connectivity index (χ2v) is 8.32. The molecule has 2 rings (SSSR count). The largest absolute Gasteiger partial charge is 0.399 e. The monoisotopic (exact) mass is 542 g/mol. The quantitative estimate of drug-likeness (QED) is 0.298. The van der Waals surface area contributed by atoms with Crippen LogP contribution in [0.1, 0.15) is 33.0 Å². The molecule has 12 heteroatoms. The number of carbonyl (C=O) groups excluding carboxylic acids is 2. The van der Waals surface area contributed by atoms with Gasteiger partial charge >= 0.3 is 6.18 Å². The highest BCUT2D eigenvalue weighted by Crippen LogP contribution is 2.41. The minimum absolute atomic E-state index is 0.0482. The van der Waals surface area contributed by atoms with Crippen molar-refractivity contribution < 1.29 is 31.5 Å². The Labute approximate surface area is 207 Å². The molecule has 0 saturated carbocycles. The first kappa shape index (κ1) is 27.9. The molecule has 0 fully saturated rings. The van der Waals surface area contributed by atoms with E-state index in [-0.39, 0.29) is 26.2 Å². The Bertz CT molecular complexity index is 1070. The predicted molar refractivity (Wildman–Crippen MR) is 122 cm³/mol. The molecule has 0 spiro atoms. The molecule has 2 amide bonds. The van der Waals surface area contributed by atoms with Crippen LogP contribution in [0.25, 0.3) is 6.08 Å². The lowest BCUT2D eigenvalue weighted by molar-refractivity contribution is -0.139. The molecule has 0 heterocycles. The van der Waals surface area contributed by atoms with Crippen LogP contribution in [-0.2, 0) is 4.79 Å². The molecule has 0 aliphatic carbocycles. The maximum absolute atomic E-state index is 13.7. The van der Waals surface area contributed by atoms with E-state index in [1.165, 1.54) is 24.3 Å². The first-order valence-corrected chi connectivity index (χ1v) is 10.8. The molecule has 184 valence electrons. The van der Waals surface area contributed by atoms with Crippen LogP contribution in [0.4, 0.5) is 22.0 Å². The van der Waals surface area contributed by atoms with Crippen molar-refractivity contribution in [3.63, 3.8) is 0 Å². The number of aryl methyl sites for hydroxylation is 1. The van der Waals surface area contributed by atoms with Crippen LogP contribution in [0.2, 0.25) is 15.1 Å².